The number of ether oxygens (including phenoxy) is 1. The minimum absolute atomic E-state index is 0.0214. The standard InChI is InChI=1S/C38H50N4O3/c1-9-33-16-12-11-15-19-37(31(6)28(2)3)41(27-36(33)34-17-13-10-14-18-34)25-29(4)42(40(7)26-30(5)43)38(44)39-24-32-20-22-35(45-8)23-21-32/h9-23,29,31,36H,2,24-27H2,1,3-8H3,(H,39,44)/b15-11-,16-12-,33-9+,37-19+/t29?,31-,36?/m0/s1. The lowest BCUT2D eigenvalue weighted by Crippen LogP contribution is -2.57. The molecule has 0 radical (unpaired) electrons. The van der Waals surface area contributed by atoms with Crippen molar-refractivity contribution in [2.75, 3.05) is 33.8 Å². The van der Waals surface area contributed by atoms with E-state index >= 15 is 0 Å². The van der Waals surface area contributed by atoms with Crippen LogP contribution in [0.2, 0.25) is 0 Å². The van der Waals surface area contributed by atoms with Crippen LogP contribution in [-0.2, 0) is 11.3 Å². The summed E-state index contributed by atoms with van der Waals surface area (Å²) in [6, 6.07) is 17.6. The van der Waals surface area contributed by atoms with Crippen molar-refractivity contribution < 1.29 is 14.3 Å². The highest BCUT2D eigenvalue weighted by Crippen LogP contribution is 2.32. The highest BCUT2D eigenvalue weighted by atomic mass is 16.5. The van der Waals surface area contributed by atoms with Gasteiger partial charge >= 0.3 is 6.03 Å². The number of nitrogens with one attached hydrogen (secondary N) is 1. The molecular formula is C38H50N4O3. The number of benzene rings is 2. The van der Waals surface area contributed by atoms with Gasteiger partial charge in [0.15, 0.2) is 0 Å². The molecule has 1 N–H and O–H groups in total. The summed E-state index contributed by atoms with van der Waals surface area (Å²) in [5.41, 5.74) is 5.58. The smallest absolute Gasteiger partial charge is 0.332 e. The first kappa shape index (κ1) is 35.1. The van der Waals surface area contributed by atoms with Gasteiger partial charge in [-0.15, -0.1) is 0 Å². The molecule has 240 valence electrons. The molecule has 2 unspecified atom stereocenters. The maximum Gasteiger partial charge on any atom is 0.332 e. The lowest BCUT2D eigenvalue weighted by Gasteiger charge is -2.42. The van der Waals surface area contributed by atoms with Gasteiger partial charge in [-0.1, -0.05) is 91.9 Å². The van der Waals surface area contributed by atoms with Crippen LogP contribution in [0.1, 0.15) is 51.7 Å². The van der Waals surface area contributed by atoms with Crippen LogP contribution in [0.5, 0.6) is 5.75 Å². The summed E-state index contributed by atoms with van der Waals surface area (Å²) < 4.78 is 5.27. The Morgan fingerprint density at radius 3 is 2.36 bits per heavy atom. The molecule has 1 aliphatic rings. The van der Waals surface area contributed by atoms with E-state index in [-0.39, 0.29) is 36.2 Å². The van der Waals surface area contributed by atoms with Crippen molar-refractivity contribution in [3.8, 4) is 5.75 Å². The van der Waals surface area contributed by atoms with Gasteiger partial charge in [0, 0.05) is 44.2 Å². The molecular weight excluding hydrogens is 560 g/mol. The number of methoxy groups -OCH3 is 1. The second-order valence-electron chi connectivity index (χ2n) is 11.8. The Morgan fingerprint density at radius 2 is 1.76 bits per heavy atom. The van der Waals surface area contributed by atoms with Crippen molar-refractivity contribution in [2.24, 2.45) is 5.92 Å². The van der Waals surface area contributed by atoms with E-state index in [4.69, 9.17) is 4.74 Å². The molecule has 2 amide bonds. The maximum atomic E-state index is 13.8. The summed E-state index contributed by atoms with van der Waals surface area (Å²) in [4.78, 5) is 28.4. The zero-order valence-corrected chi connectivity index (χ0v) is 28.0. The number of allylic oxidation sites excluding steroid dienone is 7. The van der Waals surface area contributed by atoms with Crippen molar-refractivity contribution >= 4 is 11.8 Å². The third kappa shape index (κ3) is 10.1. The van der Waals surface area contributed by atoms with Crippen LogP contribution in [0.15, 0.2) is 114 Å². The largest absolute Gasteiger partial charge is 0.497 e. The number of hydrogen-bond donors (Lipinski definition) is 1. The van der Waals surface area contributed by atoms with Crippen LogP contribution >= 0.6 is 0 Å². The molecule has 2 aromatic carbocycles. The lowest BCUT2D eigenvalue weighted by molar-refractivity contribution is -0.121. The van der Waals surface area contributed by atoms with E-state index in [2.05, 4.69) is 98.3 Å². The summed E-state index contributed by atoms with van der Waals surface area (Å²) in [7, 11) is 3.42. The van der Waals surface area contributed by atoms with Gasteiger partial charge in [-0.05, 0) is 62.6 Å². The van der Waals surface area contributed by atoms with E-state index < -0.39 is 0 Å². The van der Waals surface area contributed by atoms with E-state index in [0.717, 1.165) is 22.6 Å². The quantitative estimate of drug-likeness (QED) is 0.202. The van der Waals surface area contributed by atoms with Crippen LogP contribution in [0.3, 0.4) is 0 Å². The Labute approximate surface area is 270 Å². The number of carbonyl (C=O) groups excluding carboxylic acids is 2. The Morgan fingerprint density at radius 1 is 1.07 bits per heavy atom. The van der Waals surface area contributed by atoms with E-state index in [9.17, 15) is 9.59 Å². The van der Waals surface area contributed by atoms with Gasteiger partial charge in [-0.3, -0.25) is 9.80 Å². The van der Waals surface area contributed by atoms with Crippen molar-refractivity contribution in [3.05, 3.63) is 126 Å². The first-order chi connectivity index (χ1) is 21.5. The van der Waals surface area contributed by atoms with Gasteiger partial charge in [0.2, 0.25) is 0 Å². The summed E-state index contributed by atoms with van der Waals surface area (Å²) >= 11 is 0. The predicted octanol–water partition coefficient (Wildman–Crippen LogP) is 7.29. The Kier molecular flexibility index (Phi) is 13.4. The number of urea groups is 1. The molecule has 3 atom stereocenters. The highest BCUT2D eigenvalue weighted by Gasteiger charge is 2.30. The Bertz CT molecular complexity index is 1410. The minimum Gasteiger partial charge on any atom is -0.497 e. The van der Waals surface area contributed by atoms with Crippen molar-refractivity contribution in [3.63, 3.8) is 0 Å². The molecule has 2 aromatic rings. The number of ketones is 1. The topological polar surface area (TPSA) is 65.1 Å². The molecule has 0 fully saturated rings. The lowest BCUT2D eigenvalue weighted by atomic mass is 9.88. The van der Waals surface area contributed by atoms with Crippen LogP contribution < -0.4 is 10.1 Å². The molecule has 1 aliphatic heterocycles. The SMILES string of the molecule is C=C(C)[C@H](C)\C1=C/C=C\C=C/C(=C\C)C(c2ccccc2)CN1CC(C)N(C(=O)NCc1ccc(OC)cc1)N(C)CC(C)=O. The fraction of sp³-hybridized carbons (Fsp3) is 0.368. The molecule has 7 heteroatoms. The summed E-state index contributed by atoms with van der Waals surface area (Å²) in [5, 5.41) is 6.47. The van der Waals surface area contributed by atoms with E-state index in [1.54, 1.807) is 24.2 Å². The van der Waals surface area contributed by atoms with Crippen LogP contribution in [0, 0.1) is 5.92 Å². The fourth-order valence-corrected chi connectivity index (χ4v) is 5.66. The molecule has 0 bridgehead atoms. The summed E-state index contributed by atoms with van der Waals surface area (Å²) in [5.74, 6) is 0.920. The maximum absolute atomic E-state index is 13.8. The van der Waals surface area contributed by atoms with Gasteiger partial charge < -0.3 is 15.0 Å². The summed E-state index contributed by atoms with van der Waals surface area (Å²) in [6.45, 7) is 15.9. The average Bonchev–Trinajstić information content (AvgIpc) is 3.02. The third-order valence-corrected chi connectivity index (χ3v) is 8.20. The van der Waals surface area contributed by atoms with Crippen LogP contribution in [-0.4, -0.2) is 66.6 Å². The molecule has 7 nitrogen and oxygen atoms in total. The molecule has 0 aliphatic carbocycles. The van der Waals surface area contributed by atoms with Crippen molar-refractivity contribution in [1.82, 2.24) is 20.2 Å². The molecule has 0 saturated carbocycles. The predicted molar refractivity (Wildman–Crippen MR) is 185 cm³/mol. The molecule has 0 aromatic heterocycles. The van der Waals surface area contributed by atoms with Gasteiger partial charge in [-0.2, -0.15) is 0 Å². The molecule has 45 heavy (non-hydrogen) atoms. The van der Waals surface area contributed by atoms with Crippen molar-refractivity contribution in [2.45, 2.75) is 53.1 Å². The molecule has 0 saturated heterocycles. The summed E-state index contributed by atoms with van der Waals surface area (Å²) in [6.07, 6.45) is 12.7. The number of likely N-dealkylation sites (N-methyl/N-ethyl adjacent to an activating group) is 1. The molecule has 3 rings (SSSR count). The third-order valence-electron chi connectivity index (χ3n) is 8.20. The zero-order chi connectivity index (χ0) is 32.9. The number of amides is 2. The van der Waals surface area contributed by atoms with Crippen molar-refractivity contribution in [1.29, 1.82) is 0 Å². The number of nitrogens with zero attached hydrogens (tertiary/aromatic N) is 3. The first-order valence-electron chi connectivity index (χ1n) is 15.6. The average molecular weight is 611 g/mol. The van der Waals surface area contributed by atoms with Gasteiger partial charge in [0.1, 0.15) is 11.5 Å². The second-order valence-corrected chi connectivity index (χ2v) is 11.8. The minimum atomic E-state index is -0.279. The van der Waals surface area contributed by atoms with Crippen LogP contribution in [0.4, 0.5) is 4.79 Å². The zero-order valence-electron chi connectivity index (χ0n) is 28.0. The number of hydrogen-bond acceptors (Lipinski definition) is 5. The van der Waals surface area contributed by atoms with Gasteiger partial charge in [0.05, 0.1) is 19.7 Å². The number of rotatable bonds is 12. The second kappa shape index (κ2) is 17.2. The fourth-order valence-electron chi connectivity index (χ4n) is 5.66. The van der Waals surface area contributed by atoms with E-state index in [1.807, 2.05) is 37.3 Å². The van der Waals surface area contributed by atoms with Gasteiger partial charge in [-0.25, -0.2) is 9.80 Å². The first-order valence-corrected chi connectivity index (χ1v) is 15.6. The van der Waals surface area contributed by atoms with E-state index in [0.29, 0.717) is 19.6 Å². The highest BCUT2D eigenvalue weighted by molar-refractivity contribution is 5.79. The molecule has 1 heterocycles. The Hall–Kier alpha value is -4.36. The van der Waals surface area contributed by atoms with E-state index in [1.165, 1.54) is 18.1 Å². The van der Waals surface area contributed by atoms with Crippen LogP contribution in [0.25, 0.3) is 0 Å². The normalized spacial score (nSPS) is 20.0. The number of carbonyl (C=O) groups is 2. The molecule has 0 spiro atoms. The number of Topliss-reactive ketones (excluding diaryl/α,β-unsaturated/α-hetero) is 1. The number of hydrazine groups is 1. The monoisotopic (exact) mass is 610 g/mol. The Balaban J connectivity index is 2.00. The van der Waals surface area contributed by atoms with Gasteiger partial charge in [0.25, 0.3) is 0 Å².